The fourth-order valence-electron chi connectivity index (χ4n) is 14.0. The van der Waals surface area contributed by atoms with Crippen LogP contribution >= 0.6 is 0 Å². The van der Waals surface area contributed by atoms with Crippen LogP contribution < -0.4 is 22.8 Å². The second-order valence-corrected chi connectivity index (χ2v) is 26.5. The van der Waals surface area contributed by atoms with Gasteiger partial charge < -0.3 is 0 Å². The summed E-state index contributed by atoms with van der Waals surface area (Å²) in [5.74, 6) is 0. The molecule has 100 heavy (non-hydrogen) atoms. The van der Waals surface area contributed by atoms with Gasteiger partial charge in [-0.1, -0.05) is 156 Å². The standard InChI is InChI=1S/C20H20N.2C18H22N.2C17H20N.5CH4/c1-15-9-7-8-12-18(15)20-13-16(2)19(14-21(20)3)17-10-5-4-6-11-17;2*1-13-8-9-17(14(2)10-13)18-11-15-6-4-5-7-16(15)12-19(18)3;2*1-12-7-8-16(13(2)9-12)17-10-14-5-4-6-15(14)11-18(17)3;;;;;/h4-14H,1-3H3;2*8-12H,4-7H2,1-3H3;2*7-11H,4-6H2,1-3H3;5*1H4/q5*+1;;;;;/i;1D3,6D2,7D2;;1D3,5D2,6D2;;;;;;. The van der Waals surface area contributed by atoms with Crippen LogP contribution in [0.4, 0.5) is 0 Å². The second-order valence-electron chi connectivity index (χ2n) is 26.5. The molecule has 0 radical (unpaired) electrons. The molecule has 0 atom stereocenters. The number of rotatable bonds is 6. The molecule has 0 spiro atoms. The number of aromatic nitrogens is 5. The van der Waals surface area contributed by atoms with Gasteiger partial charge in [0.05, 0.1) is 0 Å². The molecule has 0 saturated carbocycles. The average molecular weight is 1350 g/mol. The number of pyridine rings is 5. The van der Waals surface area contributed by atoms with Gasteiger partial charge in [0.15, 0.2) is 31.0 Å². The highest BCUT2D eigenvalue weighted by atomic mass is 14.9. The molecule has 6 aromatic carbocycles. The lowest BCUT2D eigenvalue weighted by Gasteiger charge is -2.15. The molecule has 4 aliphatic carbocycles. The van der Waals surface area contributed by atoms with E-state index in [1.54, 1.807) is 101 Å². The maximum Gasteiger partial charge on any atom is 0.212 e. The fourth-order valence-corrected chi connectivity index (χ4v) is 14.0. The summed E-state index contributed by atoms with van der Waals surface area (Å²) in [4.78, 5) is 0. The molecule has 0 amide bonds. The first-order chi connectivity index (χ1) is 51.1. The lowest BCUT2D eigenvalue weighted by atomic mass is 9.91. The highest BCUT2D eigenvalue weighted by molar-refractivity contribution is 5.70. The van der Waals surface area contributed by atoms with Crippen LogP contribution in [0.5, 0.6) is 0 Å². The Hall–Kier alpha value is -8.93. The van der Waals surface area contributed by atoms with E-state index in [9.17, 15) is 0 Å². The lowest BCUT2D eigenvalue weighted by molar-refractivity contribution is -0.661. The minimum Gasteiger partial charge on any atom is -0.201 e. The highest BCUT2D eigenvalue weighted by Crippen LogP contribution is 2.33. The quantitative estimate of drug-likeness (QED) is 0.148. The van der Waals surface area contributed by atoms with E-state index in [0.717, 1.165) is 33.6 Å². The van der Waals surface area contributed by atoms with Gasteiger partial charge in [-0.3, -0.25) is 0 Å². The van der Waals surface area contributed by atoms with Crippen LogP contribution in [0.15, 0.2) is 189 Å². The maximum absolute atomic E-state index is 8.30. The van der Waals surface area contributed by atoms with Crippen LogP contribution in [-0.4, -0.2) is 0 Å². The first-order valence-corrected chi connectivity index (χ1v) is 33.7. The SMILES string of the molecule is C.C.C.C.C.Cc1cc(-c2ccccc2C)[n+](C)cc1-c1ccccc1.Cc1ccc(-c2cc3c(c[n+]2C)CCC3)c(C)c1.Cc1ccc(-c2cc3c(c[n+]2C)CCCC3)c(C)c1.[2H]C([2H])([2H])c1ccc(-c2cc3c(c[n+]2C)C([2H])([2H])CC3([2H])[2H])c(C)c1.[2H]C([2H])([2H])c1ccc(-c2cc3c(c[n+]2C)C([2H])([2H])CCC3([2H])[2H])c(C)c1. The zero-order valence-corrected chi connectivity index (χ0v) is 58.2. The molecular weight excluding hydrogens is 1210 g/mol. The Morgan fingerprint density at radius 2 is 0.580 bits per heavy atom. The third kappa shape index (κ3) is 18.7. The van der Waals surface area contributed by atoms with E-state index >= 15 is 0 Å². The predicted octanol–water partition coefficient (Wildman–Crippen LogP) is 21.6. The van der Waals surface area contributed by atoms with Crippen molar-refractivity contribution in [2.45, 2.75) is 196 Å². The van der Waals surface area contributed by atoms with E-state index in [1.165, 1.54) is 129 Å². The summed E-state index contributed by atoms with van der Waals surface area (Å²) in [5, 5.41) is 0. The number of nitrogens with zero attached hydrogens (tertiary/aromatic N) is 5. The lowest BCUT2D eigenvalue weighted by Crippen LogP contribution is -2.32. The van der Waals surface area contributed by atoms with Gasteiger partial charge in [0, 0.05) is 105 Å². The molecule has 0 fully saturated rings. The average Bonchev–Trinajstić information content (AvgIpc) is 1.18. The summed E-state index contributed by atoms with van der Waals surface area (Å²) in [7, 11) is 10.0. The van der Waals surface area contributed by atoms with Gasteiger partial charge in [-0.05, 0) is 250 Å². The second kappa shape index (κ2) is 35.9. The van der Waals surface area contributed by atoms with Crippen molar-refractivity contribution in [3.63, 3.8) is 0 Å². The fraction of sp³-hybridized carbons (Fsp3) is 0.358. The summed E-state index contributed by atoms with van der Waals surface area (Å²) in [6.45, 7) is 12.4. The summed E-state index contributed by atoms with van der Waals surface area (Å²) >= 11 is 0. The van der Waals surface area contributed by atoms with Gasteiger partial charge in [0.2, 0.25) is 28.5 Å². The van der Waals surface area contributed by atoms with Crippen molar-refractivity contribution in [1.82, 2.24) is 0 Å². The molecule has 0 N–H and O–H groups in total. The Bertz CT molecular complexity index is 5250. The van der Waals surface area contributed by atoms with Crippen molar-refractivity contribution in [2.75, 3.05) is 0 Å². The Morgan fingerprint density at radius 3 is 1.03 bits per heavy atom. The molecule has 15 rings (SSSR count). The van der Waals surface area contributed by atoms with E-state index in [-0.39, 0.29) is 67.5 Å². The van der Waals surface area contributed by atoms with Gasteiger partial charge in [-0.25, -0.2) is 22.8 Å². The summed E-state index contributed by atoms with van der Waals surface area (Å²) in [6.07, 6.45) is 12.7. The third-order valence-corrected chi connectivity index (χ3v) is 19.1. The molecular formula is C95H124N5+5. The third-order valence-electron chi connectivity index (χ3n) is 19.1. The van der Waals surface area contributed by atoms with Crippen LogP contribution in [0.25, 0.3) is 67.4 Å². The van der Waals surface area contributed by atoms with Gasteiger partial charge in [-0.15, -0.1) is 0 Å². The Labute approximate surface area is 626 Å². The minimum atomic E-state index is -2.17. The number of aryl methyl sites for hydroxylation is 23. The van der Waals surface area contributed by atoms with E-state index in [1.807, 2.05) is 13.8 Å². The number of fused-ring (bicyclic) bond motifs is 4. The van der Waals surface area contributed by atoms with Crippen LogP contribution in [0.2, 0.25) is 0 Å². The normalized spacial score (nSPS) is 16.9. The summed E-state index contributed by atoms with van der Waals surface area (Å²) < 4.78 is 121. The molecule has 5 aromatic heterocycles. The van der Waals surface area contributed by atoms with Crippen molar-refractivity contribution in [3.8, 4) is 67.4 Å². The Morgan fingerprint density at radius 1 is 0.260 bits per heavy atom. The molecule has 524 valence electrons. The van der Waals surface area contributed by atoms with E-state index in [0.29, 0.717) is 22.3 Å². The molecule has 5 heteroatoms. The van der Waals surface area contributed by atoms with Crippen LogP contribution in [0, 0.1) is 69.1 Å². The first kappa shape index (κ1) is 61.0. The largest absolute Gasteiger partial charge is 0.212 e. The van der Waals surface area contributed by atoms with Gasteiger partial charge >= 0.3 is 0 Å². The number of benzene rings is 6. The molecule has 5 nitrogen and oxygen atoms in total. The van der Waals surface area contributed by atoms with E-state index < -0.39 is 39.2 Å². The van der Waals surface area contributed by atoms with Crippen LogP contribution in [0.3, 0.4) is 0 Å². The Balaban J connectivity index is 0.000000221. The zero-order valence-electron chi connectivity index (χ0n) is 72.2. The number of hydrogen-bond donors (Lipinski definition) is 0. The molecule has 5 heterocycles. The summed E-state index contributed by atoms with van der Waals surface area (Å²) in [6, 6.07) is 52.9. The monoisotopic (exact) mass is 1350 g/mol. The topological polar surface area (TPSA) is 19.4 Å². The molecule has 0 aliphatic heterocycles. The smallest absolute Gasteiger partial charge is 0.201 e. The van der Waals surface area contributed by atoms with Crippen LogP contribution in [-0.2, 0) is 86.4 Å². The van der Waals surface area contributed by atoms with Gasteiger partial charge in [-0.2, -0.15) is 0 Å². The summed E-state index contributed by atoms with van der Waals surface area (Å²) in [5.41, 5.74) is 31.4. The van der Waals surface area contributed by atoms with Crippen LogP contribution in [0.1, 0.15) is 195 Å². The van der Waals surface area contributed by atoms with Crippen molar-refractivity contribution >= 4 is 0 Å². The first-order valence-electron chi connectivity index (χ1n) is 40.7. The van der Waals surface area contributed by atoms with E-state index in [4.69, 9.17) is 19.2 Å². The van der Waals surface area contributed by atoms with Crippen molar-refractivity contribution < 1.29 is 42.0 Å². The maximum atomic E-state index is 8.30. The van der Waals surface area contributed by atoms with Gasteiger partial charge in [0.1, 0.15) is 35.2 Å². The molecule has 0 unspecified atom stereocenters. The highest BCUT2D eigenvalue weighted by Gasteiger charge is 2.25. The Kier molecular flexibility index (Phi) is 21.9. The van der Waals surface area contributed by atoms with Crippen molar-refractivity contribution in [2.24, 2.45) is 35.2 Å². The number of hydrogen-bond acceptors (Lipinski definition) is 0. The van der Waals surface area contributed by atoms with Crippen molar-refractivity contribution in [1.29, 1.82) is 0 Å². The van der Waals surface area contributed by atoms with Crippen molar-refractivity contribution in [3.05, 3.63) is 289 Å². The molecule has 0 bridgehead atoms. The zero-order chi connectivity index (χ0) is 79.2. The van der Waals surface area contributed by atoms with Gasteiger partial charge in [0.25, 0.3) is 0 Å². The predicted molar refractivity (Wildman–Crippen MR) is 429 cm³/mol. The molecule has 11 aromatic rings. The van der Waals surface area contributed by atoms with E-state index in [2.05, 4.69) is 204 Å². The minimum absolute atomic E-state index is 0. The molecule has 0 saturated heterocycles. The molecule has 4 aliphatic rings.